The first-order valence-electron chi connectivity index (χ1n) is 4.10. The minimum absolute atomic E-state index is 0.270. The van der Waals surface area contributed by atoms with Crippen molar-refractivity contribution < 1.29 is 9.53 Å². The summed E-state index contributed by atoms with van der Waals surface area (Å²) in [4.78, 5) is 10.8. The number of anilines is 1. The molecule has 0 saturated carbocycles. The molecule has 0 unspecified atom stereocenters. The quantitative estimate of drug-likeness (QED) is 0.670. The van der Waals surface area contributed by atoms with E-state index in [-0.39, 0.29) is 6.61 Å². The predicted octanol–water partition coefficient (Wildman–Crippen LogP) is 1.80. The van der Waals surface area contributed by atoms with Gasteiger partial charge in [-0.1, -0.05) is 24.9 Å². The van der Waals surface area contributed by atoms with Crippen LogP contribution in [0.4, 0.5) is 10.5 Å². The van der Waals surface area contributed by atoms with Crippen LogP contribution in [-0.2, 0) is 11.3 Å². The molecule has 1 aromatic rings. The van der Waals surface area contributed by atoms with Crippen LogP contribution >= 0.6 is 12.8 Å². The van der Waals surface area contributed by atoms with Gasteiger partial charge in [-0.25, -0.2) is 4.79 Å². The second-order valence-electron chi connectivity index (χ2n) is 2.63. The van der Waals surface area contributed by atoms with Crippen molar-refractivity contribution in [3.8, 4) is 0 Å². The van der Waals surface area contributed by atoms with Crippen LogP contribution in [0, 0.1) is 0 Å². The SMILES string of the molecule is CNC(=O)OCc1ccc(NS)cc1. The van der Waals surface area contributed by atoms with E-state index in [4.69, 9.17) is 4.74 Å². The lowest BCUT2D eigenvalue weighted by Gasteiger charge is -2.04. The Morgan fingerprint density at radius 2 is 2.07 bits per heavy atom. The van der Waals surface area contributed by atoms with Gasteiger partial charge in [-0.15, -0.1) is 0 Å². The predicted molar refractivity (Wildman–Crippen MR) is 58.3 cm³/mol. The number of hydrogen-bond donors (Lipinski definition) is 3. The summed E-state index contributed by atoms with van der Waals surface area (Å²) in [6, 6.07) is 7.44. The molecule has 0 radical (unpaired) electrons. The molecule has 0 saturated heterocycles. The Bertz CT molecular complexity index is 300. The number of rotatable bonds is 3. The van der Waals surface area contributed by atoms with Crippen LogP contribution in [0.15, 0.2) is 24.3 Å². The van der Waals surface area contributed by atoms with E-state index in [1.54, 1.807) is 0 Å². The largest absolute Gasteiger partial charge is 0.445 e. The van der Waals surface area contributed by atoms with Gasteiger partial charge in [0.1, 0.15) is 6.61 Å². The molecule has 0 heterocycles. The summed E-state index contributed by atoms with van der Waals surface area (Å²) >= 11 is 3.90. The monoisotopic (exact) mass is 212 g/mol. The van der Waals surface area contributed by atoms with E-state index in [1.165, 1.54) is 7.05 Å². The molecule has 0 fully saturated rings. The molecule has 14 heavy (non-hydrogen) atoms. The molecule has 0 bridgehead atoms. The van der Waals surface area contributed by atoms with E-state index >= 15 is 0 Å². The molecular weight excluding hydrogens is 200 g/mol. The summed E-state index contributed by atoms with van der Waals surface area (Å²) in [5, 5.41) is 2.37. The highest BCUT2D eigenvalue weighted by Gasteiger charge is 1.98. The topological polar surface area (TPSA) is 50.4 Å². The van der Waals surface area contributed by atoms with Crippen molar-refractivity contribution in [2.24, 2.45) is 0 Å². The van der Waals surface area contributed by atoms with Gasteiger partial charge in [0, 0.05) is 12.7 Å². The summed E-state index contributed by atoms with van der Waals surface area (Å²) in [5.41, 5.74) is 1.83. The standard InChI is InChI=1S/C9H12N2O2S/c1-10-9(12)13-6-7-2-4-8(11-14)5-3-7/h2-5,11,14H,6H2,1H3,(H,10,12). The first kappa shape index (κ1) is 10.7. The Morgan fingerprint density at radius 3 is 2.57 bits per heavy atom. The maximum absolute atomic E-state index is 10.8. The second-order valence-corrected chi connectivity index (χ2v) is 2.86. The van der Waals surface area contributed by atoms with E-state index in [1.807, 2.05) is 24.3 Å². The molecule has 76 valence electrons. The number of amides is 1. The zero-order valence-corrected chi connectivity index (χ0v) is 8.67. The van der Waals surface area contributed by atoms with Gasteiger partial charge in [0.05, 0.1) is 0 Å². The Balaban J connectivity index is 2.47. The first-order valence-corrected chi connectivity index (χ1v) is 4.54. The third-order valence-electron chi connectivity index (χ3n) is 1.66. The maximum atomic E-state index is 10.8. The third kappa shape index (κ3) is 3.18. The van der Waals surface area contributed by atoms with E-state index in [0.717, 1.165) is 11.3 Å². The van der Waals surface area contributed by atoms with Gasteiger partial charge in [0.15, 0.2) is 0 Å². The molecule has 0 atom stereocenters. The molecule has 0 aliphatic rings. The summed E-state index contributed by atoms with van der Waals surface area (Å²) in [5.74, 6) is 0. The number of carbonyl (C=O) groups is 1. The Morgan fingerprint density at radius 1 is 1.43 bits per heavy atom. The first-order chi connectivity index (χ1) is 6.76. The number of benzene rings is 1. The fourth-order valence-electron chi connectivity index (χ4n) is 0.897. The molecule has 1 amide bonds. The van der Waals surface area contributed by atoms with Crippen molar-refractivity contribution in [2.75, 3.05) is 11.8 Å². The fraction of sp³-hybridized carbons (Fsp3) is 0.222. The molecule has 0 aromatic heterocycles. The number of nitrogens with one attached hydrogen (secondary N) is 2. The van der Waals surface area contributed by atoms with E-state index < -0.39 is 6.09 Å². The highest BCUT2D eigenvalue weighted by molar-refractivity contribution is 7.81. The van der Waals surface area contributed by atoms with Gasteiger partial charge in [-0.2, -0.15) is 0 Å². The summed E-state index contributed by atoms with van der Waals surface area (Å²) in [6.45, 7) is 0.270. The van der Waals surface area contributed by atoms with Gasteiger partial charge in [0.2, 0.25) is 0 Å². The molecule has 1 rings (SSSR count). The molecule has 0 aliphatic heterocycles. The van der Waals surface area contributed by atoms with Crippen LogP contribution in [0.25, 0.3) is 0 Å². The zero-order valence-electron chi connectivity index (χ0n) is 7.78. The van der Waals surface area contributed by atoms with Crippen molar-refractivity contribution >= 4 is 24.6 Å². The molecule has 0 aliphatic carbocycles. The normalized spacial score (nSPS) is 9.29. The Hall–Kier alpha value is -1.36. The lowest BCUT2D eigenvalue weighted by Crippen LogP contribution is -2.18. The number of thiol groups is 1. The van der Waals surface area contributed by atoms with Crippen molar-refractivity contribution in [3.63, 3.8) is 0 Å². The summed E-state index contributed by atoms with van der Waals surface area (Å²) in [7, 11) is 1.52. The van der Waals surface area contributed by atoms with Gasteiger partial charge in [-0.3, -0.25) is 0 Å². The van der Waals surface area contributed by atoms with Gasteiger partial charge >= 0.3 is 6.09 Å². The average Bonchev–Trinajstić information content (AvgIpc) is 2.26. The molecule has 5 heteroatoms. The van der Waals surface area contributed by atoms with Crippen LogP contribution in [0.3, 0.4) is 0 Å². The van der Waals surface area contributed by atoms with E-state index in [0.29, 0.717) is 0 Å². The molecule has 2 N–H and O–H groups in total. The number of alkyl carbamates (subject to hydrolysis) is 1. The van der Waals surface area contributed by atoms with Crippen molar-refractivity contribution in [3.05, 3.63) is 29.8 Å². The minimum Gasteiger partial charge on any atom is -0.445 e. The molecular formula is C9H12N2O2S. The van der Waals surface area contributed by atoms with Crippen LogP contribution in [0.1, 0.15) is 5.56 Å². The zero-order chi connectivity index (χ0) is 10.4. The maximum Gasteiger partial charge on any atom is 0.407 e. The van der Waals surface area contributed by atoms with Crippen molar-refractivity contribution in [2.45, 2.75) is 6.61 Å². The second kappa shape index (κ2) is 5.39. The van der Waals surface area contributed by atoms with E-state index in [2.05, 4.69) is 22.9 Å². The van der Waals surface area contributed by atoms with Gasteiger partial charge < -0.3 is 14.8 Å². The highest BCUT2D eigenvalue weighted by Crippen LogP contribution is 2.10. The Labute approximate surface area is 88.2 Å². The minimum atomic E-state index is -0.429. The molecule has 4 nitrogen and oxygen atoms in total. The lowest BCUT2D eigenvalue weighted by molar-refractivity contribution is 0.142. The molecule has 1 aromatic carbocycles. The fourth-order valence-corrected chi connectivity index (χ4v) is 1.05. The summed E-state index contributed by atoms with van der Waals surface area (Å²) in [6.07, 6.45) is -0.429. The third-order valence-corrected chi connectivity index (χ3v) is 1.92. The van der Waals surface area contributed by atoms with Crippen molar-refractivity contribution in [1.29, 1.82) is 0 Å². The van der Waals surface area contributed by atoms with Crippen LogP contribution in [-0.4, -0.2) is 13.1 Å². The van der Waals surface area contributed by atoms with Gasteiger partial charge in [0.25, 0.3) is 0 Å². The van der Waals surface area contributed by atoms with Crippen molar-refractivity contribution in [1.82, 2.24) is 5.32 Å². The Kier molecular flexibility index (Phi) is 4.12. The summed E-state index contributed by atoms with van der Waals surface area (Å²) < 4.78 is 7.57. The number of hydrogen-bond acceptors (Lipinski definition) is 4. The smallest absolute Gasteiger partial charge is 0.407 e. The highest BCUT2D eigenvalue weighted by atomic mass is 32.1. The van der Waals surface area contributed by atoms with Crippen LogP contribution in [0.2, 0.25) is 0 Å². The lowest BCUT2D eigenvalue weighted by atomic mass is 10.2. The molecule has 0 spiro atoms. The average molecular weight is 212 g/mol. The van der Waals surface area contributed by atoms with Crippen LogP contribution < -0.4 is 10.0 Å². The van der Waals surface area contributed by atoms with Crippen LogP contribution in [0.5, 0.6) is 0 Å². The van der Waals surface area contributed by atoms with E-state index in [9.17, 15) is 4.79 Å². The number of ether oxygens (including phenoxy) is 1. The number of carbonyl (C=O) groups excluding carboxylic acids is 1. The van der Waals surface area contributed by atoms with Gasteiger partial charge in [-0.05, 0) is 17.7 Å².